The Labute approximate surface area is 159 Å². The summed E-state index contributed by atoms with van der Waals surface area (Å²) in [5, 5.41) is 8.70. The van der Waals surface area contributed by atoms with Crippen LogP contribution in [0.5, 0.6) is 0 Å². The molecule has 1 atom stereocenters. The lowest BCUT2D eigenvalue weighted by Crippen LogP contribution is -2.34. The highest BCUT2D eigenvalue weighted by Gasteiger charge is 2.12. The van der Waals surface area contributed by atoms with Crippen molar-refractivity contribution in [3.63, 3.8) is 0 Å². The van der Waals surface area contributed by atoms with Crippen LogP contribution in [0.25, 0.3) is 0 Å². The lowest BCUT2D eigenvalue weighted by molar-refractivity contribution is 0.0937. The summed E-state index contributed by atoms with van der Waals surface area (Å²) >= 11 is 5.21. The fourth-order valence-corrected chi connectivity index (χ4v) is 2.52. The number of hydrogen-bond acceptors (Lipinski definition) is 3. The van der Waals surface area contributed by atoms with Crippen LogP contribution in [0.1, 0.15) is 46.5 Å². The van der Waals surface area contributed by atoms with Crippen LogP contribution >= 0.6 is 12.2 Å². The van der Waals surface area contributed by atoms with E-state index in [4.69, 9.17) is 12.2 Å². The maximum Gasteiger partial charge on any atom is 0.257 e. The third-order valence-corrected chi connectivity index (χ3v) is 4.19. The van der Waals surface area contributed by atoms with Gasteiger partial charge >= 0.3 is 0 Å². The van der Waals surface area contributed by atoms with E-state index in [1.165, 1.54) is 0 Å². The molecule has 0 aromatic heterocycles. The van der Waals surface area contributed by atoms with E-state index in [1.807, 2.05) is 32.9 Å². The molecule has 0 heterocycles. The van der Waals surface area contributed by atoms with Gasteiger partial charge in [-0.15, -0.1) is 0 Å². The van der Waals surface area contributed by atoms with Crippen LogP contribution in [0.15, 0.2) is 48.5 Å². The van der Waals surface area contributed by atoms with E-state index in [0.717, 1.165) is 12.0 Å². The Balaban J connectivity index is 2.01. The number of thiocarbonyl (C=S) groups is 1. The predicted molar refractivity (Wildman–Crippen MR) is 109 cm³/mol. The van der Waals surface area contributed by atoms with Crippen molar-refractivity contribution in [1.82, 2.24) is 10.6 Å². The number of benzene rings is 2. The van der Waals surface area contributed by atoms with Crippen LogP contribution in [0, 0.1) is 6.92 Å². The van der Waals surface area contributed by atoms with Crippen molar-refractivity contribution in [2.75, 3.05) is 5.32 Å². The molecule has 2 aromatic carbocycles. The molecule has 136 valence electrons. The van der Waals surface area contributed by atoms with E-state index in [-0.39, 0.29) is 23.0 Å². The number of rotatable bonds is 5. The van der Waals surface area contributed by atoms with Gasteiger partial charge in [-0.05, 0) is 62.3 Å². The average Bonchev–Trinajstić information content (AvgIpc) is 2.61. The molecule has 2 aromatic rings. The molecule has 0 aliphatic rings. The second-order valence-corrected chi connectivity index (χ2v) is 6.49. The Morgan fingerprint density at radius 1 is 1.08 bits per heavy atom. The molecule has 0 aliphatic heterocycles. The van der Waals surface area contributed by atoms with Gasteiger partial charge in [0, 0.05) is 22.9 Å². The largest absolute Gasteiger partial charge is 0.350 e. The molecule has 26 heavy (non-hydrogen) atoms. The standard InChI is InChI=1S/C20H23N3O2S/c1-4-14(3)21-18(24)15-9-7-10-16(12-15)22-20(26)23-19(25)17-11-6-5-8-13(17)2/h5-12,14H,4H2,1-3H3,(H,21,24)(H2,22,23,25,26). The summed E-state index contributed by atoms with van der Waals surface area (Å²) in [6.45, 7) is 5.83. The maximum atomic E-state index is 12.3. The van der Waals surface area contributed by atoms with E-state index in [2.05, 4.69) is 16.0 Å². The minimum absolute atomic E-state index is 0.105. The molecule has 6 heteroatoms. The average molecular weight is 369 g/mol. The number of hydrogen-bond donors (Lipinski definition) is 3. The number of aryl methyl sites for hydroxylation is 1. The summed E-state index contributed by atoms with van der Waals surface area (Å²) in [6.07, 6.45) is 0.860. The number of carbonyl (C=O) groups excluding carboxylic acids is 2. The molecule has 0 fully saturated rings. The molecule has 0 spiro atoms. The normalized spacial score (nSPS) is 11.3. The van der Waals surface area contributed by atoms with Crippen molar-refractivity contribution in [3.05, 3.63) is 65.2 Å². The first-order valence-corrected chi connectivity index (χ1v) is 8.90. The smallest absolute Gasteiger partial charge is 0.257 e. The second-order valence-electron chi connectivity index (χ2n) is 6.09. The van der Waals surface area contributed by atoms with Crippen LogP contribution in [-0.4, -0.2) is 23.0 Å². The summed E-state index contributed by atoms with van der Waals surface area (Å²) in [4.78, 5) is 24.5. The first-order chi connectivity index (χ1) is 12.4. The Morgan fingerprint density at radius 2 is 1.81 bits per heavy atom. The summed E-state index contributed by atoms with van der Waals surface area (Å²) in [5.41, 5.74) is 2.61. The molecular formula is C20H23N3O2S. The quantitative estimate of drug-likeness (QED) is 0.704. The van der Waals surface area contributed by atoms with Crippen LogP contribution in [0.4, 0.5) is 5.69 Å². The van der Waals surface area contributed by atoms with E-state index < -0.39 is 0 Å². The summed E-state index contributed by atoms with van der Waals surface area (Å²) in [5.74, 6) is -0.413. The Kier molecular flexibility index (Phi) is 6.86. The molecule has 1 unspecified atom stereocenters. The first-order valence-electron chi connectivity index (χ1n) is 8.49. The molecule has 0 saturated heterocycles. The summed E-state index contributed by atoms with van der Waals surface area (Å²) in [7, 11) is 0. The van der Waals surface area contributed by atoms with Crippen LogP contribution in [-0.2, 0) is 0 Å². The van der Waals surface area contributed by atoms with Crippen molar-refractivity contribution in [3.8, 4) is 0 Å². The molecule has 0 radical (unpaired) electrons. The molecule has 3 N–H and O–H groups in total. The van der Waals surface area contributed by atoms with E-state index in [1.54, 1.807) is 36.4 Å². The molecule has 0 aliphatic carbocycles. The molecule has 5 nitrogen and oxygen atoms in total. The summed E-state index contributed by atoms with van der Waals surface area (Å²) in [6, 6.07) is 14.4. The zero-order valence-electron chi connectivity index (χ0n) is 15.1. The summed E-state index contributed by atoms with van der Waals surface area (Å²) < 4.78 is 0. The fourth-order valence-electron chi connectivity index (χ4n) is 2.31. The highest BCUT2D eigenvalue weighted by molar-refractivity contribution is 7.80. The number of anilines is 1. The van der Waals surface area contributed by atoms with Gasteiger partial charge in [0.15, 0.2) is 5.11 Å². The zero-order valence-corrected chi connectivity index (χ0v) is 15.9. The fraction of sp³-hybridized carbons (Fsp3) is 0.250. The highest BCUT2D eigenvalue weighted by atomic mass is 32.1. The van der Waals surface area contributed by atoms with Gasteiger partial charge in [-0.1, -0.05) is 31.2 Å². The lowest BCUT2D eigenvalue weighted by Gasteiger charge is -2.13. The molecule has 2 amide bonds. The predicted octanol–water partition coefficient (Wildman–Crippen LogP) is 3.65. The van der Waals surface area contributed by atoms with Gasteiger partial charge in [0.05, 0.1) is 0 Å². The van der Waals surface area contributed by atoms with Crippen molar-refractivity contribution in [2.45, 2.75) is 33.2 Å². The Morgan fingerprint density at radius 3 is 2.50 bits per heavy atom. The minimum atomic E-state index is -0.272. The van der Waals surface area contributed by atoms with Crippen LogP contribution in [0.3, 0.4) is 0 Å². The highest BCUT2D eigenvalue weighted by Crippen LogP contribution is 2.12. The lowest BCUT2D eigenvalue weighted by atomic mass is 10.1. The van der Waals surface area contributed by atoms with Gasteiger partial charge in [-0.25, -0.2) is 0 Å². The van der Waals surface area contributed by atoms with Gasteiger partial charge in [0.25, 0.3) is 11.8 Å². The van der Waals surface area contributed by atoms with E-state index in [9.17, 15) is 9.59 Å². The van der Waals surface area contributed by atoms with Gasteiger partial charge in [0.2, 0.25) is 0 Å². The van der Waals surface area contributed by atoms with E-state index >= 15 is 0 Å². The molecule has 2 rings (SSSR count). The van der Waals surface area contributed by atoms with E-state index in [0.29, 0.717) is 16.8 Å². The maximum absolute atomic E-state index is 12.3. The van der Waals surface area contributed by atoms with Crippen molar-refractivity contribution in [2.24, 2.45) is 0 Å². The number of nitrogens with one attached hydrogen (secondary N) is 3. The van der Waals surface area contributed by atoms with Gasteiger partial charge < -0.3 is 10.6 Å². The van der Waals surface area contributed by atoms with Gasteiger partial charge in [-0.2, -0.15) is 0 Å². The zero-order chi connectivity index (χ0) is 19.1. The third-order valence-electron chi connectivity index (χ3n) is 3.99. The topological polar surface area (TPSA) is 70.2 Å². The monoisotopic (exact) mass is 369 g/mol. The second kappa shape index (κ2) is 9.10. The molecule has 0 saturated carbocycles. The minimum Gasteiger partial charge on any atom is -0.350 e. The first kappa shape index (κ1) is 19.6. The Bertz CT molecular complexity index is 820. The van der Waals surface area contributed by atoms with Gasteiger partial charge in [0.1, 0.15) is 0 Å². The third kappa shape index (κ3) is 5.39. The van der Waals surface area contributed by atoms with Crippen LogP contribution in [0.2, 0.25) is 0 Å². The van der Waals surface area contributed by atoms with Gasteiger partial charge in [-0.3, -0.25) is 14.9 Å². The molecule has 0 bridgehead atoms. The number of amides is 2. The van der Waals surface area contributed by atoms with Crippen molar-refractivity contribution < 1.29 is 9.59 Å². The SMILES string of the molecule is CCC(C)NC(=O)c1cccc(NC(=S)NC(=O)c2ccccc2C)c1. The molecular weight excluding hydrogens is 346 g/mol. The van der Waals surface area contributed by atoms with Crippen molar-refractivity contribution >= 4 is 34.8 Å². The number of carbonyl (C=O) groups is 2. The Hall–Kier alpha value is -2.73. The van der Waals surface area contributed by atoms with Crippen LogP contribution < -0.4 is 16.0 Å². The van der Waals surface area contributed by atoms with Crippen molar-refractivity contribution in [1.29, 1.82) is 0 Å².